The summed E-state index contributed by atoms with van der Waals surface area (Å²) in [5, 5.41) is 3.06. The Balaban J connectivity index is 1.71. The highest BCUT2D eigenvalue weighted by molar-refractivity contribution is 5.79. The van der Waals surface area contributed by atoms with Gasteiger partial charge < -0.3 is 11.1 Å². The topological polar surface area (TPSA) is 55.1 Å². The average molecular weight is 210 g/mol. The molecule has 2 aliphatic carbocycles. The SMILES string of the molecule is CC(CNC(=O)C1CCCC1N)C1CC1. The molecule has 3 atom stereocenters. The first kappa shape index (κ1) is 10.9. The Morgan fingerprint density at radius 3 is 2.67 bits per heavy atom. The molecule has 15 heavy (non-hydrogen) atoms. The first-order chi connectivity index (χ1) is 7.18. The fraction of sp³-hybridized carbons (Fsp3) is 0.917. The van der Waals surface area contributed by atoms with E-state index in [1.54, 1.807) is 0 Å². The van der Waals surface area contributed by atoms with Gasteiger partial charge in [0.25, 0.3) is 0 Å². The summed E-state index contributed by atoms with van der Waals surface area (Å²) in [7, 11) is 0. The van der Waals surface area contributed by atoms with Crippen LogP contribution in [0, 0.1) is 17.8 Å². The van der Waals surface area contributed by atoms with Crippen molar-refractivity contribution in [1.82, 2.24) is 5.32 Å². The molecule has 0 aromatic rings. The molecule has 0 radical (unpaired) electrons. The molecular formula is C12H22N2O. The second-order valence-electron chi connectivity index (χ2n) is 5.26. The maximum absolute atomic E-state index is 11.8. The lowest BCUT2D eigenvalue weighted by Crippen LogP contribution is -2.40. The van der Waals surface area contributed by atoms with Crippen LogP contribution >= 0.6 is 0 Å². The highest BCUT2D eigenvalue weighted by Crippen LogP contribution is 2.36. The van der Waals surface area contributed by atoms with Crippen molar-refractivity contribution in [2.45, 2.75) is 45.1 Å². The normalized spacial score (nSPS) is 32.7. The Hall–Kier alpha value is -0.570. The molecule has 1 amide bonds. The zero-order chi connectivity index (χ0) is 10.8. The van der Waals surface area contributed by atoms with E-state index in [2.05, 4.69) is 12.2 Å². The van der Waals surface area contributed by atoms with Gasteiger partial charge in [-0.1, -0.05) is 13.3 Å². The fourth-order valence-electron chi connectivity index (χ4n) is 2.54. The van der Waals surface area contributed by atoms with E-state index in [1.165, 1.54) is 12.8 Å². The Kier molecular flexibility index (Phi) is 3.29. The van der Waals surface area contributed by atoms with Gasteiger partial charge in [-0.2, -0.15) is 0 Å². The molecule has 0 heterocycles. The molecule has 3 unspecified atom stereocenters. The number of hydrogen-bond donors (Lipinski definition) is 2. The van der Waals surface area contributed by atoms with Crippen LogP contribution in [0.5, 0.6) is 0 Å². The van der Waals surface area contributed by atoms with Gasteiger partial charge in [-0.15, -0.1) is 0 Å². The summed E-state index contributed by atoms with van der Waals surface area (Å²) in [6.07, 6.45) is 5.79. The van der Waals surface area contributed by atoms with Gasteiger partial charge >= 0.3 is 0 Å². The second kappa shape index (κ2) is 4.52. The molecule has 2 rings (SSSR count). The summed E-state index contributed by atoms with van der Waals surface area (Å²) in [6, 6.07) is 0.0984. The fourth-order valence-corrected chi connectivity index (χ4v) is 2.54. The Morgan fingerprint density at radius 2 is 2.13 bits per heavy atom. The van der Waals surface area contributed by atoms with E-state index in [0.717, 1.165) is 31.7 Å². The third kappa shape index (κ3) is 2.71. The summed E-state index contributed by atoms with van der Waals surface area (Å²) in [6.45, 7) is 3.07. The van der Waals surface area contributed by atoms with E-state index in [4.69, 9.17) is 5.73 Å². The molecule has 0 saturated heterocycles. The maximum Gasteiger partial charge on any atom is 0.224 e. The van der Waals surface area contributed by atoms with Crippen molar-refractivity contribution >= 4 is 5.91 Å². The van der Waals surface area contributed by atoms with E-state index >= 15 is 0 Å². The Bertz CT molecular complexity index is 238. The number of carbonyl (C=O) groups excluding carboxylic acids is 1. The van der Waals surface area contributed by atoms with E-state index in [9.17, 15) is 4.79 Å². The molecule has 2 fully saturated rings. The van der Waals surface area contributed by atoms with Crippen LogP contribution in [0.2, 0.25) is 0 Å². The zero-order valence-electron chi connectivity index (χ0n) is 9.54. The molecule has 3 N–H and O–H groups in total. The van der Waals surface area contributed by atoms with Gasteiger partial charge in [0, 0.05) is 12.6 Å². The Labute approximate surface area is 91.8 Å². The van der Waals surface area contributed by atoms with Gasteiger partial charge in [-0.25, -0.2) is 0 Å². The summed E-state index contributed by atoms with van der Waals surface area (Å²) in [5.41, 5.74) is 5.90. The quantitative estimate of drug-likeness (QED) is 0.734. The van der Waals surface area contributed by atoms with Gasteiger partial charge in [0.2, 0.25) is 5.91 Å². The first-order valence-corrected chi connectivity index (χ1v) is 6.21. The molecule has 0 aliphatic heterocycles. The molecule has 2 saturated carbocycles. The van der Waals surface area contributed by atoms with Crippen molar-refractivity contribution < 1.29 is 4.79 Å². The lowest BCUT2D eigenvalue weighted by molar-refractivity contribution is -0.125. The van der Waals surface area contributed by atoms with E-state index in [-0.39, 0.29) is 17.9 Å². The molecule has 0 spiro atoms. The summed E-state index contributed by atoms with van der Waals surface area (Å²) in [5.74, 6) is 1.78. The lowest BCUT2D eigenvalue weighted by atomic mass is 10.0. The molecule has 3 nitrogen and oxygen atoms in total. The third-order valence-electron chi connectivity index (χ3n) is 3.93. The minimum absolute atomic E-state index is 0.0800. The van der Waals surface area contributed by atoms with Gasteiger partial charge in [0.15, 0.2) is 0 Å². The van der Waals surface area contributed by atoms with Gasteiger partial charge in [0.1, 0.15) is 0 Å². The van der Waals surface area contributed by atoms with Crippen molar-refractivity contribution in [2.24, 2.45) is 23.5 Å². The molecular weight excluding hydrogens is 188 g/mol. The van der Waals surface area contributed by atoms with Crippen LogP contribution in [0.3, 0.4) is 0 Å². The van der Waals surface area contributed by atoms with Crippen LogP contribution < -0.4 is 11.1 Å². The zero-order valence-corrected chi connectivity index (χ0v) is 9.54. The second-order valence-corrected chi connectivity index (χ2v) is 5.26. The molecule has 2 aliphatic rings. The molecule has 0 bridgehead atoms. The Morgan fingerprint density at radius 1 is 1.40 bits per heavy atom. The molecule has 3 heteroatoms. The highest BCUT2D eigenvalue weighted by atomic mass is 16.1. The lowest BCUT2D eigenvalue weighted by Gasteiger charge is -2.17. The number of carbonyl (C=O) groups is 1. The predicted octanol–water partition coefficient (Wildman–Crippen LogP) is 1.28. The van der Waals surface area contributed by atoms with Crippen molar-refractivity contribution in [3.05, 3.63) is 0 Å². The van der Waals surface area contributed by atoms with E-state index in [0.29, 0.717) is 5.92 Å². The van der Waals surface area contributed by atoms with Crippen LogP contribution in [0.4, 0.5) is 0 Å². The molecule has 0 aromatic carbocycles. The van der Waals surface area contributed by atoms with Crippen LogP contribution in [0.1, 0.15) is 39.0 Å². The number of amides is 1. The largest absolute Gasteiger partial charge is 0.356 e. The first-order valence-electron chi connectivity index (χ1n) is 6.21. The standard InChI is InChI=1S/C12H22N2O/c1-8(9-5-6-9)7-14-12(15)10-3-2-4-11(10)13/h8-11H,2-7,13H2,1H3,(H,14,15). The van der Waals surface area contributed by atoms with Gasteiger partial charge in [-0.3, -0.25) is 4.79 Å². The highest BCUT2D eigenvalue weighted by Gasteiger charge is 2.32. The van der Waals surface area contributed by atoms with Crippen molar-refractivity contribution in [1.29, 1.82) is 0 Å². The van der Waals surface area contributed by atoms with Crippen molar-refractivity contribution in [3.63, 3.8) is 0 Å². The summed E-state index contributed by atoms with van der Waals surface area (Å²) >= 11 is 0. The minimum Gasteiger partial charge on any atom is -0.356 e. The summed E-state index contributed by atoms with van der Waals surface area (Å²) < 4.78 is 0. The van der Waals surface area contributed by atoms with Crippen molar-refractivity contribution in [2.75, 3.05) is 6.54 Å². The van der Waals surface area contributed by atoms with Crippen LogP contribution in [-0.2, 0) is 4.79 Å². The smallest absolute Gasteiger partial charge is 0.224 e. The third-order valence-corrected chi connectivity index (χ3v) is 3.93. The molecule has 0 aromatic heterocycles. The number of nitrogens with one attached hydrogen (secondary N) is 1. The maximum atomic E-state index is 11.8. The van der Waals surface area contributed by atoms with E-state index in [1.807, 2.05) is 0 Å². The molecule has 86 valence electrons. The number of rotatable bonds is 4. The van der Waals surface area contributed by atoms with Crippen molar-refractivity contribution in [3.8, 4) is 0 Å². The van der Waals surface area contributed by atoms with Gasteiger partial charge in [0.05, 0.1) is 5.92 Å². The minimum atomic E-state index is 0.0800. The monoisotopic (exact) mass is 210 g/mol. The number of nitrogens with two attached hydrogens (primary N) is 1. The summed E-state index contributed by atoms with van der Waals surface area (Å²) in [4.78, 5) is 11.8. The number of hydrogen-bond acceptors (Lipinski definition) is 2. The van der Waals surface area contributed by atoms with Crippen LogP contribution in [0.15, 0.2) is 0 Å². The predicted molar refractivity (Wildman–Crippen MR) is 60.2 cm³/mol. The van der Waals surface area contributed by atoms with Crippen LogP contribution in [-0.4, -0.2) is 18.5 Å². The van der Waals surface area contributed by atoms with Gasteiger partial charge in [-0.05, 0) is 37.5 Å². The van der Waals surface area contributed by atoms with E-state index < -0.39 is 0 Å². The average Bonchev–Trinajstić information content (AvgIpc) is 2.98. The van der Waals surface area contributed by atoms with Crippen LogP contribution in [0.25, 0.3) is 0 Å².